The molecule has 3 aliphatic heterocycles. The molecule has 13 heteroatoms. The predicted octanol–water partition coefficient (Wildman–Crippen LogP) is 3.50. The van der Waals surface area contributed by atoms with Gasteiger partial charge >= 0.3 is 12.2 Å². The molecule has 41 heavy (non-hydrogen) atoms. The zero-order chi connectivity index (χ0) is 28.9. The van der Waals surface area contributed by atoms with Gasteiger partial charge in [0.05, 0.1) is 12.7 Å². The van der Waals surface area contributed by atoms with Gasteiger partial charge in [0.25, 0.3) is 11.8 Å². The van der Waals surface area contributed by atoms with Crippen molar-refractivity contribution in [2.45, 2.75) is 57.7 Å². The van der Waals surface area contributed by atoms with Gasteiger partial charge in [0, 0.05) is 38.2 Å². The smallest absolute Gasteiger partial charge is 0.416 e. The number of fused-ring (bicyclic) bond motifs is 2. The van der Waals surface area contributed by atoms with E-state index in [1.54, 1.807) is 20.8 Å². The maximum atomic E-state index is 14.9. The minimum Gasteiger partial charge on any atom is -0.465 e. The number of carbonyl (C=O) groups is 3. The highest BCUT2D eigenvalue weighted by molar-refractivity contribution is 5.95. The van der Waals surface area contributed by atoms with Crippen LogP contribution < -0.4 is 20.3 Å². The van der Waals surface area contributed by atoms with Gasteiger partial charge in [-0.15, -0.1) is 0 Å². The highest BCUT2D eigenvalue weighted by Gasteiger charge is 2.48. The van der Waals surface area contributed by atoms with Crippen LogP contribution in [0.3, 0.4) is 0 Å². The summed E-state index contributed by atoms with van der Waals surface area (Å²) in [5.74, 6) is 0.296. The molecule has 3 amide bonds. The first-order chi connectivity index (χ1) is 19.5. The average molecular weight is 569 g/mol. The lowest BCUT2D eigenvalue weighted by Crippen LogP contribution is -2.48. The lowest BCUT2D eigenvalue weighted by Gasteiger charge is -2.38. The van der Waals surface area contributed by atoms with E-state index in [2.05, 4.69) is 25.5 Å². The van der Waals surface area contributed by atoms with Crippen LogP contribution in [0.25, 0.3) is 0 Å². The summed E-state index contributed by atoms with van der Waals surface area (Å²) in [6, 6.07) is 3.19. The first-order valence-corrected chi connectivity index (χ1v) is 13.8. The molecule has 0 radical (unpaired) electrons. The minimum atomic E-state index is -0.643. The lowest BCUT2D eigenvalue weighted by atomic mass is 9.90. The molecule has 0 bridgehead atoms. The zero-order valence-electron chi connectivity index (χ0n) is 23.3. The summed E-state index contributed by atoms with van der Waals surface area (Å²) in [6.07, 6.45) is 3.01. The van der Waals surface area contributed by atoms with E-state index in [1.165, 1.54) is 17.2 Å². The van der Waals surface area contributed by atoms with Crippen molar-refractivity contribution in [2.24, 2.45) is 5.92 Å². The Morgan fingerprint density at radius 3 is 2.78 bits per heavy atom. The summed E-state index contributed by atoms with van der Waals surface area (Å²) in [6.45, 7) is 7.82. The van der Waals surface area contributed by atoms with Gasteiger partial charge in [0.1, 0.15) is 17.0 Å². The third-order valence-corrected chi connectivity index (χ3v) is 7.79. The van der Waals surface area contributed by atoms with Crippen LogP contribution in [0.5, 0.6) is 5.88 Å². The van der Waals surface area contributed by atoms with E-state index in [-0.39, 0.29) is 35.9 Å². The Morgan fingerprint density at radius 2 is 2.02 bits per heavy atom. The summed E-state index contributed by atoms with van der Waals surface area (Å²) < 4.78 is 31.3. The first-order valence-electron chi connectivity index (χ1n) is 13.8. The van der Waals surface area contributed by atoms with Gasteiger partial charge in [-0.2, -0.15) is 0 Å². The number of ether oxygens (including phenoxy) is 3. The molecule has 4 aliphatic rings. The van der Waals surface area contributed by atoms with Gasteiger partial charge in [0.15, 0.2) is 18.2 Å². The fourth-order valence-corrected chi connectivity index (χ4v) is 5.95. The molecular formula is C28H33FN6O6. The number of rotatable bonds is 4. The Kier molecular flexibility index (Phi) is 6.71. The topological polar surface area (TPSA) is 135 Å². The van der Waals surface area contributed by atoms with E-state index in [0.717, 1.165) is 31.6 Å². The number of carbonyl (C=O) groups excluding carboxylic acids is 3. The molecule has 2 N–H and O–H groups in total. The van der Waals surface area contributed by atoms with Gasteiger partial charge in [-0.1, -0.05) is 0 Å². The number of benzene rings is 1. The Labute approximate surface area is 236 Å². The Bertz CT molecular complexity index is 1400. The summed E-state index contributed by atoms with van der Waals surface area (Å²) >= 11 is 0. The molecule has 1 atom stereocenters. The van der Waals surface area contributed by atoms with Crippen molar-refractivity contribution in [1.82, 2.24) is 14.9 Å². The number of likely N-dealkylation sites (tertiary alicyclic amines) is 1. The minimum absolute atomic E-state index is 0.124. The van der Waals surface area contributed by atoms with Crippen LogP contribution in [0.15, 0.2) is 18.3 Å². The van der Waals surface area contributed by atoms with Crippen molar-refractivity contribution in [3.63, 3.8) is 0 Å². The summed E-state index contributed by atoms with van der Waals surface area (Å²) in [4.78, 5) is 48.9. The van der Waals surface area contributed by atoms with Gasteiger partial charge < -0.3 is 24.4 Å². The van der Waals surface area contributed by atoms with Crippen LogP contribution in [0.4, 0.5) is 31.3 Å². The van der Waals surface area contributed by atoms with Crippen LogP contribution in [0, 0.1) is 11.7 Å². The number of hydrogen-bond acceptors (Lipinski definition) is 9. The molecule has 2 aromatic rings. The second kappa shape index (κ2) is 10.1. The van der Waals surface area contributed by atoms with Crippen molar-refractivity contribution in [3.05, 3.63) is 35.3 Å². The quantitative estimate of drug-likeness (QED) is 0.568. The fourth-order valence-electron chi connectivity index (χ4n) is 5.95. The second-order valence-corrected chi connectivity index (χ2v) is 12.2. The zero-order valence-corrected chi connectivity index (χ0v) is 23.3. The van der Waals surface area contributed by atoms with Gasteiger partial charge in [-0.05, 0) is 62.8 Å². The molecule has 1 aliphatic carbocycles. The summed E-state index contributed by atoms with van der Waals surface area (Å²) in [5.41, 5.74) is 0.727. The highest BCUT2D eigenvalue weighted by Crippen LogP contribution is 2.38. The van der Waals surface area contributed by atoms with Crippen LogP contribution in [0.1, 0.15) is 44.7 Å². The van der Waals surface area contributed by atoms with Crippen LogP contribution >= 0.6 is 0 Å². The maximum absolute atomic E-state index is 14.9. The van der Waals surface area contributed by atoms with Gasteiger partial charge in [-0.25, -0.2) is 23.9 Å². The van der Waals surface area contributed by atoms with Gasteiger partial charge in [0.2, 0.25) is 0 Å². The Hall–Kier alpha value is -4.00. The van der Waals surface area contributed by atoms with Crippen molar-refractivity contribution in [1.29, 1.82) is 0 Å². The molecular weight excluding hydrogens is 535 g/mol. The van der Waals surface area contributed by atoms with E-state index < -0.39 is 23.4 Å². The van der Waals surface area contributed by atoms with Crippen LogP contribution in [0.2, 0.25) is 0 Å². The predicted molar refractivity (Wildman–Crippen MR) is 146 cm³/mol. The Balaban J connectivity index is 1.04. The normalized spacial score (nSPS) is 21.6. The van der Waals surface area contributed by atoms with E-state index in [1.807, 2.05) is 6.07 Å². The number of nitrogens with zero attached hydrogens (tertiary/aromatic N) is 4. The molecule has 2 fully saturated rings. The monoisotopic (exact) mass is 568 g/mol. The van der Waals surface area contributed by atoms with E-state index in [4.69, 9.17) is 14.2 Å². The van der Waals surface area contributed by atoms with Crippen molar-refractivity contribution >= 4 is 35.4 Å². The number of amides is 3. The molecule has 2 saturated heterocycles. The van der Waals surface area contributed by atoms with E-state index >= 15 is 0 Å². The number of halogens is 1. The van der Waals surface area contributed by atoms with Crippen molar-refractivity contribution in [3.8, 4) is 5.88 Å². The second-order valence-electron chi connectivity index (χ2n) is 12.2. The number of piperidine rings is 1. The SMILES string of the molecule is CC(C)(C)OC(=O)Nc1cc(F)c2c(c1)CC(CN1CCC3(CC1)CN(c1cnc4c(n1)NC(=O)CO4)C(=O)O3)C2. The van der Waals surface area contributed by atoms with Crippen LogP contribution in [-0.4, -0.2) is 76.9 Å². The fraction of sp³-hybridized carbons (Fsp3) is 0.536. The standard InChI is InChI=1S/C28H33FN6O6/c1-27(2,3)40-25(37)31-18-10-17-8-16(9-19(17)20(29)11-18)13-34-6-4-28(5-7-34)15-35(26(38)41-28)21-12-30-24-23(32-21)33-22(36)14-39-24/h10-12,16H,4-9,13-15H2,1-3H3,(H,31,37)(H,32,33,36). The highest BCUT2D eigenvalue weighted by atomic mass is 19.1. The number of nitrogens with one attached hydrogen (secondary N) is 2. The number of aromatic nitrogens is 2. The number of hydrogen-bond donors (Lipinski definition) is 2. The largest absolute Gasteiger partial charge is 0.465 e. The molecule has 1 spiro atoms. The molecule has 1 aromatic carbocycles. The third kappa shape index (κ3) is 5.76. The molecule has 12 nitrogen and oxygen atoms in total. The number of anilines is 3. The van der Waals surface area contributed by atoms with E-state index in [0.29, 0.717) is 42.9 Å². The maximum Gasteiger partial charge on any atom is 0.416 e. The first kappa shape index (κ1) is 27.2. The summed E-state index contributed by atoms with van der Waals surface area (Å²) in [7, 11) is 0. The molecule has 1 unspecified atom stereocenters. The molecule has 1 aromatic heterocycles. The lowest BCUT2D eigenvalue weighted by molar-refractivity contribution is -0.118. The van der Waals surface area contributed by atoms with Gasteiger partial charge in [-0.3, -0.25) is 15.0 Å². The Morgan fingerprint density at radius 1 is 1.24 bits per heavy atom. The van der Waals surface area contributed by atoms with E-state index in [9.17, 15) is 18.8 Å². The van der Waals surface area contributed by atoms with Crippen molar-refractivity contribution < 1.29 is 33.0 Å². The van der Waals surface area contributed by atoms with Crippen LogP contribution in [-0.2, 0) is 27.1 Å². The molecule has 4 heterocycles. The van der Waals surface area contributed by atoms with Crippen molar-refractivity contribution in [2.75, 3.05) is 48.3 Å². The third-order valence-electron chi connectivity index (χ3n) is 7.79. The molecule has 6 rings (SSSR count). The average Bonchev–Trinajstić information content (AvgIpc) is 3.44. The summed E-state index contributed by atoms with van der Waals surface area (Å²) in [5, 5.41) is 5.25. The molecule has 218 valence electrons. The molecule has 0 saturated carbocycles.